The number of nitrogens with one attached hydrogen (secondary N) is 2. The average molecular weight is 1070 g/mol. The summed E-state index contributed by atoms with van der Waals surface area (Å²) < 4.78 is 23.9. The van der Waals surface area contributed by atoms with Crippen LogP contribution >= 0.6 is 0 Å². The molecule has 0 saturated heterocycles. The number of alkyl carbamates (subject to hydrolysis) is 1. The molecule has 78 heavy (non-hydrogen) atoms. The molecule has 0 aliphatic heterocycles. The van der Waals surface area contributed by atoms with Gasteiger partial charge < -0.3 is 34.7 Å². The van der Waals surface area contributed by atoms with E-state index in [9.17, 15) is 14.7 Å². The van der Waals surface area contributed by atoms with Gasteiger partial charge in [0.25, 0.3) is 0 Å². The maximum Gasteiger partial charge on any atom is 0.407 e. The number of unbranched alkanes of at least 4 members (excludes halogenated alkanes) is 10. The van der Waals surface area contributed by atoms with Crippen molar-refractivity contribution in [2.75, 3.05) is 33.9 Å². The second-order valence-electron chi connectivity index (χ2n) is 25.4. The van der Waals surface area contributed by atoms with Crippen molar-refractivity contribution in [2.24, 2.45) is 46.3 Å². The third-order valence-corrected chi connectivity index (χ3v) is 19.9. The zero-order valence-corrected chi connectivity index (χ0v) is 49.6. The van der Waals surface area contributed by atoms with Crippen LogP contribution in [0.2, 0.25) is 0 Å². The molecular formula is C69H104N2O7. The largest absolute Gasteiger partial charge is 0.497 e. The van der Waals surface area contributed by atoms with Crippen LogP contribution in [0.4, 0.5) is 4.79 Å². The molecule has 432 valence electrons. The number of carbonyl (C=O) groups is 2. The monoisotopic (exact) mass is 1070 g/mol. The fraction of sp³-hybridized carbons (Fsp3) is 0.681. The first-order chi connectivity index (χ1) is 37.8. The van der Waals surface area contributed by atoms with Crippen molar-refractivity contribution in [3.63, 3.8) is 0 Å². The van der Waals surface area contributed by atoms with E-state index >= 15 is 0 Å². The first-order valence-corrected chi connectivity index (χ1v) is 31.4. The Kier molecular flexibility index (Phi) is 23.9. The molecule has 3 fully saturated rings. The van der Waals surface area contributed by atoms with Crippen molar-refractivity contribution >= 4 is 12.0 Å². The van der Waals surface area contributed by atoms with Gasteiger partial charge in [0.2, 0.25) is 5.91 Å². The first-order valence-electron chi connectivity index (χ1n) is 31.4. The second kappa shape index (κ2) is 30.5. The lowest BCUT2D eigenvalue weighted by atomic mass is 9.47. The first kappa shape index (κ1) is 61.3. The van der Waals surface area contributed by atoms with Crippen LogP contribution in [-0.2, 0) is 19.9 Å². The number of hydrogen-bond donors (Lipinski definition) is 3. The van der Waals surface area contributed by atoms with Crippen molar-refractivity contribution in [1.82, 2.24) is 10.6 Å². The highest BCUT2D eigenvalue weighted by atomic mass is 16.6. The fourth-order valence-electron chi connectivity index (χ4n) is 15.3. The summed E-state index contributed by atoms with van der Waals surface area (Å²) in [6.45, 7) is 14.3. The minimum atomic E-state index is -0.904. The van der Waals surface area contributed by atoms with Crippen LogP contribution in [-0.4, -0.2) is 63.2 Å². The minimum Gasteiger partial charge on any atom is -0.497 e. The van der Waals surface area contributed by atoms with Gasteiger partial charge in [-0.15, -0.1) is 0 Å². The molecule has 2 amide bonds. The number of rotatable bonds is 33. The van der Waals surface area contributed by atoms with E-state index in [1.54, 1.807) is 19.8 Å². The molecule has 3 aromatic carbocycles. The maximum absolute atomic E-state index is 12.9. The van der Waals surface area contributed by atoms with Crippen LogP contribution in [0.5, 0.6) is 11.5 Å². The highest BCUT2D eigenvalue weighted by molar-refractivity contribution is 5.75. The number of amides is 2. The lowest BCUT2D eigenvalue weighted by Gasteiger charge is -2.58. The van der Waals surface area contributed by atoms with Gasteiger partial charge in [-0.1, -0.05) is 178 Å². The van der Waals surface area contributed by atoms with E-state index in [4.69, 9.17) is 18.9 Å². The smallest absolute Gasteiger partial charge is 0.407 e. The van der Waals surface area contributed by atoms with Crippen molar-refractivity contribution < 1.29 is 33.6 Å². The average Bonchev–Trinajstić information content (AvgIpc) is 3.91. The van der Waals surface area contributed by atoms with Crippen molar-refractivity contribution in [3.05, 3.63) is 107 Å². The Labute approximate surface area is 472 Å². The molecule has 0 aromatic heterocycles. The number of allylic oxidation sites excluding steroid dienone is 1. The molecule has 3 N–H and O–H groups in total. The molecule has 4 aliphatic rings. The lowest BCUT2D eigenvalue weighted by molar-refractivity contribution is -0.121. The van der Waals surface area contributed by atoms with Gasteiger partial charge in [-0.3, -0.25) is 4.79 Å². The van der Waals surface area contributed by atoms with Crippen molar-refractivity contribution in [3.8, 4) is 11.5 Å². The van der Waals surface area contributed by atoms with Crippen LogP contribution in [0.15, 0.2) is 90.5 Å². The lowest BCUT2D eigenvalue weighted by Crippen LogP contribution is -2.51. The molecule has 9 nitrogen and oxygen atoms in total. The third-order valence-electron chi connectivity index (χ3n) is 19.9. The second-order valence-corrected chi connectivity index (χ2v) is 25.4. The standard InChI is InChI=1S/C69H104N2O7/c1-51(2)24-23-25-52(3)62-40-41-63-61-39-34-56-50-60(42-45-67(56,4)64(61)43-46-68(62,63)5)78-66(74)71-48-21-14-12-10-8-9-11-13-20-29-65(73)70-47-22-16-19-28-57(72)44-49-77-69(53-26-17-15-18-27-53,54-30-35-58(75-6)36-31-54)55-32-37-59(76-7)38-33-55/h15,17-18,26-27,30-38,51-52,57,60-64,72H,8-14,16,19-25,28-29,39-50H2,1-7H3,(H,70,73)(H,71,74)/t52-,57?,60+,61?,62-,63?,64?,67?,68-/m0/s1. The van der Waals surface area contributed by atoms with Crippen LogP contribution in [0.1, 0.15) is 218 Å². The summed E-state index contributed by atoms with van der Waals surface area (Å²) in [5, 5.41) is 17.2. The van der Waals surface area contributed by atoms with Crippen molar-refractivity contribution in [2.45, 2.75) is 219 Å². The molecule has 7 rings (SSSR count). The van der Waals surface area contributed by atoms with Gasteiger partial charge in [0.15, 0.2) is 0 Å². The highest BCUT2D eigenvalue weighted by Crippen LogP contribution is 2.67. The van der Waals surface area contributed by atoms with E-state index in [0.29, 0.717) is 44.4 Å². The number of carbonyl (C=O) groups excluding carboxylic acids is 2. The van der Waals surface area contributed by atoms with E-state index in [0.717, 1.165) is 128 Å². The van der Waals surface area contributed by atoms with Crippen LogP contribution < -0.4 is 20.1 Å². The van der Waals surface area contributed by atoms with E-state index < -0.39 is 11.7 Å². The number of hydrogen-bond acceptors (Lipinski definition) is 7. The maximum atomic E-state index is 12.9. The van der Waals surface area contributed by atoms with E-state index in [2.05, 4.69) is 63.5 Å². The molecular weight excluding hydrogens is 969 g/mol. The minimum absolute atomic E-state index is 0.00202. The Morgan fingerprint density at radius 3 is 1.88 bits per heavy atom. The van der Waals surface area contributed by atoms with Crippen molar-refractivity contribution in [1.29, 1.82) is 0 Å². The van der Waals surface area contributed by atoms with E-state index in [-0.39, 0.29) is 23.5 Å². The summed E-state index contributed by atoms with van der Waals surface area (Å²) in [5.74, 6) is 6.73. The molecule has 3 aromatic rings. The fourth-order valence-corrected chi connectivity index (χ4v) is 15.3. The van der Waals surface area contributed by atoms with Gasteiger partial charge in [0, 0.05) is 25.9 Å². The summed E-state index contributed by atoms with van der Waals surface area (Å²) >= 11 is 0. The quantitative estimate of drug-likeness (QED) is 0.0316. The number of aliphatic hydroxyl groups excluding tert-OH is 1. The van der Waals surface area contributed by atoms with Gasteiger partial charge in [0.1, 0.15) is 23.2 Å². The number of ether oxygens (including phenoxy) is 4. The molecule has 3 saturated carbocycles. The number of aliphatic hydroxyl groups is 1. The number of benzene rings is 3. The van der Waals surface area contributed by atoms with E-state index in [1.807, 2.05) is 66.7 Å². The molecule has 4 aliphatic carbocycles. The van der Waals surface area contributed by atoms with Gasteiger partial charge in [-0.25, -0.2) is 4.79 Å². The SMILES string of the molecule is COc1ccc(C(OCCC(O)CCCCCNC(=O)CCCCCCCCCCCNC(=O)O[C@@H]2CCC3(C)C(=CCC4C3CC[C@]3(C)C4CC[C@H]3[C@@H](C)CCCC(C)C)C2)(c2ccccc2)c2ccc(OC)cc2)cc1. The Morgan fingerprint density at radius 1 is 0.641 bits per heavy atom. The molecule has 0 spiro atoms. The Bertz CT molecular complexity index is 2220. The zero-order chi connectivity index (χ0) is 55.4. The predicted octanol–water partition coefficient (Wildman–Crippen LogP) is 16.5. The Morgan fingerprint density at radius 2 is 1.24 bits per heavy atom. The van der Waals surface area contributed by atoms with Gasteiger partial charge >= 0.3 is 6.09 Å². The van der Waals surface area contributed by atoms with Crippen LogP contribution in [0.25, 0.3) is 0 Å². The van der Waals surface area contributed by atoms with E-state index in [1.165, 1.54) is 83.5 Å². The van der Waals surface area contributed by atoms with Crippen LogP contribution in [0.3, 0.4) is 0 Å². The summed E-state index contributed by atoms with van der Waals surface area (Å²) in [7, 11) is 3.33. The Hall–Kier alpha value is -4.34. The van der Waals surface area contributed by atoms with Gasteiger partial charge in [-0.05, 0) is 164 Å². The van der Waals surface area contributed by atoms with Gasteiger partial charge in [0.05, 0.1) is 26.9 Å². The number of fused-ring (bicyclic) bond motifs is 5. The van der Waals surface area contributed by atoms with Crippen LogP contribution in [0, 0.1) is 46.3 Å². The molecule has 5 unspecified atom stereocenters. The summed E-state index contributed by atoms with van der Waals surface area (Å²) in [6, 6.07) is 26.2. The molecule has 0 radical (unpaired) electrons. The Balaban J connectivity index is 0.679. The summed E-state index contributed by atoms with van der Waals surface area (Å²) in [5.41, 5.74) is 4.41. The summed E-state index contributed by atoms with van der Waals surface area (Å²) in [6.07, 6.45) is 30.7. The summed E-state index contributed by atoms with van der Waals surface area (Å²) in [4.78, 5) is 25.4. The molecule has 0 bridgehead atoms. The van der Waals surface area contributed by atoms with Gasteiger partial charge in [-0.2, -0.15) is 0 Å². The molecule has 9 heteroatoms. The predicted molar refractivity (Wildman–Crippen MR) is 318 cm³/mol. The highest BCUT2D eigenvalue weighted by Gasteiger charge is 2.59. The normalized spacial score (nSPS) is 24.5. The zero-order valence-electron chi connectivity index (χ0n) is 49.6. The number of methoxy groups -OCH3 is 2. The third kappa shape index (κ3) is 16.2. The molecule has 9 atom stereocenters. The molecule has 0 heterocycles. The topological polar surface area (TPSA) is 115 Å².